The van der Waals surface area contributed by atoms with Crippen LogP contribution in [0.25, 0.3) is 11.5 Å². The minimum Gasteiger partial charge on any atom is -0.497 e. The number of carbonyl (C=O) groups is 1. The van der Waals surface area contributed by atoms with Crippen molar-refractivity contribution in [2.45, 2.75) is 17.4 Å². The number of hydrogen-bond acceptors (Lipinski definition) is 6. The third-order valence-electron chi connectivity index (χ3n) is 3.49. The zero-order chi connectivity index (χ0) is 18.5. The van der Waals surface area contributed by atoms with E-state index < -0.39 is 5.25 Å². The summed E-state index contributed by atoms with van der Waals surface area (Å²) in [4.78, 5) is 12.4. The molecule has 0 saturated heterocycles. The van der Waals surface area contributed by atoms with E-state index in [1.807, 2.05) is 36.4 Å². The predicted molar refractivity (Wildman–Crippen MR) is 104 cm³/mol. The van der Waals surface area contributed by atoms with Crippen LogP contribution in [0.15, 0.2) is 62.6 Å². The number of methoxy groups -OCH3 is 1. The van der Waals surface area contributed by atoms with Crippen LogP contribution in [0, 0.1) is 0 Å². The fraction of sp³-hybridized carbons (Fsp3) is 0.167. The zero-order valence-corrected chi connectivity index (χ0v) is 16.5. The monoisotopic (exact) mass is 433 g/mol. The maximum atomic E-state index is 12.4. The number of nitrogens with zero attached hydrogens (tertiary/aromatic N) is 2. The van der Waals surface area contributed by atoms with Gasteiger partial charge in [0, 0.05) is 16.2 Å². The van der Waals surface area contributed by atoms with E-state index in [0.29, 0.717) is 22.6 Å². The van der Waals surface area contributed by atoms with Crippen molar-refractivity contribution < 1.29 is 13.9 Å². The van der Waals surface area contributed by atoms with Gasteiger partial charge in [0.05, 0.1) is 17.9 Å². The number of hydrogen-bond donors (Lipinski definition) is 1. The van der Waals surface area contributed by atoms with Crippen molar-refractivity contribution in [3.05, 3.63) is 53.0 Å². The van der Waals surface area contributed by atoms with Crippen LogP contribution in [-0.4, -0.2) is 28.5 Å². The van der Waals surface area contributed by atoms with Crippen molar-refractivity contribution in [1.29, 1.82) is 0 Å². The lowest BCUT2D eigenvalue weighted by Gasteiger charge is -2.10. The van der Waals surface area contributed by atoms with Crippen molar-refractivity contribution in [2.75, 3.05) is 12.4 Å². The third-order valence-corrected chi connectivity index (χ3v) is 5.12. The summed E-state index contributed by atoms with van der Waals surface area (Å²) in [6.07, 6.45) is 0. The van der Waals surface area contributed by atoms with Crippen LogP contribution >= 0.6 is 27.7 Å². The second kappa shape index (κ2) is 8.37. The quantitative estimate of drug-likeness (QED) is 0.571. The average Bonchev–Trinajstić information content (AvgIpc) is 3.10. The standard InChI is InChI=1S/C18H16BrN3O3S/c1-11(16(23)20-12-6-5-7-13(10-12)24-2)26-18-22-21-17(25-18)14-8-3-4-9-15(14)19/h3-11H,1-2H3,(H,20,23). The van der Waals surface area contributed by atoms with E-state index in [9.17, 15) is 4.79 Å². The number of thioether (sulfide) groups is 1. The Balaban J connectivity index is 1.65. The molecule has 6 nitrogen and oxygen atoms in total. The van der Waals surface area contributed by atoms with Gasteiger partial charge in [-0.3, -0.25) is 4.79 Å². The summed E-state index contributed by atoms with van der Waals surface area (Å²) in [5, 5.41) is 10.8. The van der Waals surface area contributed by atoms with Gasteiger partial charge in [0.2, 0.25) is 11.8 Å². The molecule has 0 aliphatic carbocycles. The van der Waals surface area contributed by atoms with Gasteiger partial charge in [0.1, 0.15) is 5.75 Å². The summed E-state index contributed by atoms with van der Waals surface area (Å²) < 4.78 is 11.7. The van der Waals surface area contributed by atoms with Gasteiger partial charge < -0.3 is 14.5 Å². The number of nitrogens with one attached hydrogen (secondary N) is 1. The SMILES string of the molecule is COc1cccc(NC(=O)C(C)Sc2nnc(-c3ccccc3Br)o2)c1. The molecule has 0 aliphatic rings. The minimum absolute atomic E-state index is 0.163. The van der Waals surface area contributed by atoms with E-state index in [0.717, 1.165) is 10.0 Å². The number of rotatable bonds is 6. The second-order valence-corrected chi connectivity index (χ2v) is 7.48. The molecule has 1 aromatic heterocycles. The molecule has 1 heterocycles. The molecule has 1 N–H and O–H groups in total. The Morgan fingerprint density at radius 2 is 2.04 bits per heavy atom. The normalized spacial score (nSPS) is 11.8. The lowest BCUT2D eigenvalue weighted by Crippen LogP contribution is -2.22. The van der Waals surface area contributed by atoms with Crippen molar-refractivity contribution in [3.63, 3.8) is 0 Å². The smallest absolute Gasteiger partial charge is 0.277 e. The van der Waals surface area contributed by atoms with Crippen molar-refractivity contribution >= 4 is 39.3 Å². The fourth-order valence-corrected chi connectivity index (χ4v) is 3.29. The number of amides is 1. The molecule has 0 spiro atoms. The second-order valence-electron chi connectivity index (χ2n) is 5.33. The van der Waals surface area contributed by atoms with Crippen LogP contribution in [0.5, 0.6) is 5.75 Å². The Hall–Kier alpha value is -2.32. The maximum absolute atomic E-state index is 12.4. The van der Waals surface area contributed by atoms with Gasteiger partial charge in [0.15, 0.2) is 0 Å². The molecule has 3 aromatic rings. The highest BCUT2D eigenvalue weighted by molar-refractivity contribution is 9.10. The number of anilines is 1. The predicted octanol–water partition coefficient (Wildman–Crippen LogP) is 4.63. The van der Waals surface area contributed by atoms with Crippen molar-refractivity contribution in [2.24, 2.45) is 0 Å². The van der Waals surface area contributed by atoms with Gasteiger partial charge >= 0.3 is 0 Å². The summed E-state index contributed by atoms with van der Waals surface area (Å²) >= 11 is 4.66. The van der Waals surface area contributed by atoms with E-state index in [2.05, 4.69) is 31.4 Å². The number of halogens is 1. The first-order valence-electron chi connectivity index (χ1n) is 7.77. The molecule has 26 heavy (non-hydrogen) atoms. The largest absolute Gasteiger partial charge is 0.497 e. The van der Waals surface area contributed by atoms with Crippen molar-refractivity contribution in [1.82, 2.24) is 10.2 Å². The summed E-state index contributed by atoms with van der Waals surface area (Å²) in [7, 11) is 1.58. The number of carbonyl (C=O) groups excluding carboxylic acids is 1. The van der Waals surface area contributed by atoms with Crippen LogP contribution in [0.3, 0.4) is 0 Å². The highest BCUT2D eigenvalue weighted by Gasteiger charge is 2.19. The van der Waals surface area contributed by atoms with Gasteiger partial charge in [-0.1, -0.05) is 30.0 Å². The van der Waals surface area contributed by atoms with Gasteiger partial charge in [-0.15, -0.1) is 10.2 Å². The molecular formula is C18H16BrN3O3S. The Bertz CT molecular complexity index is 916. The van der Waals surface area contributed by atoms with Crippen molar-refractivity contribution in [3.8, 4) is 17.2 Å². The van der Waals surface area contributed by atoms with E-state index in [4.69, 9.17) is 9.15 Å². The highest BCUT2D eigenvalue weighted by atomic mass is 79.9. The Morgan fingerprint density at radius 1 is 1.23 bits per heavy atom. The van der Waals surface area contributed by atoms with Crippen LogP contribution < -0.4 is 10.1 Å². The molecular weight excluding hydrogens is 418 g/mol. The first-order chi connectivity index (χ1) is 12.6. The zero-order valence-electron chi connectivity index (χ0n) is 14.1. The maximum Gasteiger partial charge on any atom is 0.277 e. The van der Waals surface area contributed by atoms with E-state index >= 15 is 0 Å². The summed E-state index contributed by atoms with van der Waals surface area (Å²) in [6, 6.07) is 14.8. The first-order valence-corrected chi connectivity index (χ1v) is 9.44. The summed E-state index contributed by atoms with van der Waals surface area (Å²) in [5.41, 5.74) is 1.47. The summed E-state index contributed by atoms with van der Waals surface area (Å²) in [5.74, 6) is 0.919. The Labute approximate surface area is 163 Å². The minimum atomic E-state index is -0.409. The molecule has 1 unspecified atom stereocenters. The Kier molecular flexibility index (Phi) is 5.95. The molecule has 2 aromatic carbocycles. The molecule has 0 radical (unpaired) electrons. The lowest BCUT2D eigenvalue weighted by molar-refractivity contribution is -0.115. The van der Waals surface area contributed by atoms with Crippen LogP contribution in [0.2, 0.25) is 0 Å². The molecule has 1 atom stereocenters. The molecule has 0 saturated carbocycles. The van der Waals surface area contributed by atoms with Crippen LogP contribution in [0.1, 0.15) is 6.92 Å². The third kappa shape index (κ3) is 4.44. The average molecular weight is 434 g/mol. The van der Waals surface area contributed by atoms with Gasteiger partial charge in [-0.2, -0.15) is 0 Å². The number of aromatic nitrogens is 2. The molecule has 8 heteroatoms. The van der Waals surface area contributed by atoms with Crippen LogP contribution in [0.4, 0.5) is 5.69 Å². The van der Waals surface area contributed by atoms with Crippen LogP contribution in [-0.2, 0) is 4.79 Å². The lowest BCUT2D eigenvalue weighted by atomic mass is 10.2. The van der Waals surface area contributed by atoms with Gasteiger partial charge in [-0.05, 0) is 47.1 Å². The summed E-state index contributed by atoms with van der Waals surface area (Å²) in [6.45, 7) is 1.78. The molecule has 0 aliphatic heterocycles. The molecule has 0 fully saturated rings. The van der Waals surface area contributed by atoms with E-state index in [1.54, 1.807) is 26.2 Å². The topological polar surface area (TPSA) is 77.2 Å². The van der Waals surface area contributed by atoms with E-state index in [1.165, 1.54) is 11.8 Å². The Morgan fingerprint density at radius 3 is 2.81 bits per heavy atom. The first kappa shape index (κ1) is 18.5. The molecule has 3 rings (SSSR count). The van der Waals surface area contributed by atoms with Gasteiger partial charge in [-0.25, -0.2) is 0 Å². The molecule has 1 amide bonds. The fourth-order valence-electron chi connectivity index (χ4n) is 2.15. The van der Waals surface area contributed by atoms with Gasteiger partial charge in [0.25, 0.3) is 5.22 Å². The molecule has 134 valence electrons. The van der Waals surface area contributed by atoms with E-state index in [-0.39, 0.29) is 5.91 Å². The number of ether oxygens (including phenoxy) is 1. The molecule has 0 bridgehead atoms. The highest BCUT2D eigenvalue weighted by Crippen LogP contribution is 2.30. The number of benzene rings is 2.